The van der Waals surface area contributed by atoms with Crippen LogP contribution in [-0.2, 0) is 6.54 Å². The van der Waals surface area contributed by atoms with E-state index in [0.717, 1.165) is 29.1 Å². The third-order valence-corrected chi connectivity index (χ3v) is 3.16. The van der Waals surface area contributed by atoms with Crippen molar-refractivity contribution < 1.29 is 4.42 Å². The van der Waals surface area contributed by atoms with Crippen LogP contribution in [0, 0.1) is 5.92 Å². The van der Waals surface area contributed by atoms with E-state index in [1.165, 1.54) is 6.39 Å². The number of rotatable bonds is 5. The highest BCUT2D eigenvalue weighted by Crippen LogP contribution is 2.27. The molecule has 0 saturated heterocycles. The lowest BCUT2D eigenvalue weighted by Gasteiger charge is -2.06. The summed E-state index contributed by atoms with van der Waals surface area (Å²) < 4.78 is 7.41. The van der Waals surface area contributed by atoms with E-state index in [0.29, 0.717) is 12.5 Å². The van der Waals surface area contributed by atoms with E-state index in [1.54, 1.807) is 0 Å². The molecule has 0 fully saturated rings. The maximum Gasteiger partial charge on any atom is 0.181 e. The van der Waals surface area contributed by atoms with E-state index >= 15 is 0 Å². The van der Waals surface area contributed by atoms with Crippen molar-refractivity contribution in [3.05, 3.63) is 42.7 Å². The number of oxazole rings is 1. The molecule has 0 bridgehead atoms. The van der Waals surface area contributed by atoms with Gasteiger partial charge in [0.1, 0.15) is 5.69 Å². The molecule has 0 amide bonds. The Morgan fingerprint density at radius 3 is 3.10 bits per heavy atom. The van der Waals surface area contributed by atoms with Crippen molar-refractivity contribution in [1.82, 2.24) is 19.9 Å². The Morgan fingerprint density at radius 1 is 1.35 bits per heavy atom. The molecule has 0 radical (unpaired) electrons. The second kappa shape index (κ2) is 5.46. The molecule has 0 saturated carbocycles. The lowest BCUT2D eigenvalue weighted by molar-refractivity contribution is 0.545. The van der Waals surface area contributed by atoms with Gasteiger partial charge in [0.2, 0.25) is 0 Å². The average molecular weight is 270 g/mol. The number of nitrogens with zero attached hydrogens (tertiary/aromatic N) is 3. The summed E-state index contributed by atoms with van der Waals surface area (Å²) in [5.41, 5.74) is 2.92. The van der Waals surface area contributed by atoms with E-state index in [-0.39, 0.29) is 0 Å². The first-order valence-corrected chi connectivity index (χ1v) is 6.81. The van der Waals surface area contributed by atoms with Crippen LogP contribution in [0.1, 0.15) is 19.5 Å². The molecule has 20 heavy (non-hydrogen) atoms. The first kappa shape index (κ1) is 12.9. The molecule has 0 aromatic carbocycles. The third-order valence-electron chi connectivity index (χ3n) is 3.16. The van der Waals surface area contributed by atoms with Crippen molar-refractivity contribution in [3.63, 3.8) is 0 Å². The molecule has 3 aromatic rings. The van der Waals surface area contributed by atoms with Crippen LogP contribution in [-0.4, -0.2) is 21.1 Å². The average Bonchev–Trinajstić information content (AvgIpc) is 3.04. The summed E-state index contributed by atoms with van der Waals surface area (Å²) in [5, 5.41) is 7.72. The molecule has 5 nitrogen and oxygen atoms in total. The van der Waals surface area contributed by atoms with Crippen molar-refractivity contribution in [2.45, 2.75) is 20.4 Å². The molecular weight excluding hydrogens is 252 g/mol. The molecule has 3 aromatic heterocycles. The van der Waals surface area contributed by atoms with Gasteiger partial charge in [0.15, 0.2) is 12.2 Å². The van der Waals surface area contributed by atoms with Gasteiger partial charge in [-0.25, -0.2) is 9.50 Å². The fourth-order valence-electron chi connectivity index (χ4n) is 2.20. The predicted molar refractivity (Wildman–Crippen MR) is 77.2 cm³/mol. The van der Waals surface area contributed by atoms with E-state index in [9.17, 15) is 0 Å². The normalized spacial score (nSPS) is 11.6. The Hall–Kier alpha value is -2.14. The van der Waals surface area contributed by atoms with Gasteiger partial charge in [0.05, 0.1) is 17.3 Å². The minimum atomic E-state index is 0.613. The van der Waals surface area contributed by atoms with Crippen LogP contribution >= 0.6 is 0 Å². The van der Waals surface area contributed by atoms with E-state index in [4.69, 9.17) is 4.42 Å². The molecule has 0 aliphatic rings. The Kier molecular flexibility index (Phi) is 3.52. The first-order valence-electron chi connectivity index (χ1n) is 6.81. The van der Waals surface area contributed by atoms with Crippen LogP contribution in [0.5, 0.6) is 0 Å². The summed E-state index contributed by atoms with van der Waals surface area (Å²) in [7, 11) is 0. The molecule has 3 rings (SSSR count). The van der Waals surface area contributed by atoms with Crippen LogP contribution in [0.25, 0.3) is 16.8 Å². The second-order valence-corrected chi connectivity index (χ2v) is 5.24. The second-order valence-electron chi connectivity index (χ2n) is 5.24. The fourth-order valence-corrected chi connectivity index (χ4v) is 2.20. The topological polar surface area (TPSA) is 55.4 Å². The molecule has 104 valence electrons. The van der Waals surface area contributed by atoms with Gasteiger partial charge in [-0.05, 0) is 24.6 Å². The minimum absolute atomic E-state index is 0.613. The van der Waals surface area contributed by atoms with Crippen molar-refractivity contribution in [2.24, 2.45) is 5.92 Å². The Morgan fingerprint density at radius 2 is 2.25 bits per heavy atom. The van der Waals surface area contributed by atoms with E-state index in [2.05, 4.69) is 29.2 Å². The zero-order valence-corrected chi connectivity index (χ0v) is 11.7. The maximum absolute atomic E-state index is 5.57. The Labute approximate surface area is 117 Å². The van der Waals surface area contributed by atoms with Gasteiger partial charge in [0, 0.05) is 12.7 Å². The van der Waals surface area contributed by atoms with Crippen molar-refractivity contribution >= 4 is 5.52 Å². The smallest absolute Gasteiger partial charge is 0.181 e. The summed E-state index contributed by atoms with van der Waals surface area (Å²) in [4.78, 5) is 4.31. The molecule has 0 aliphatic heterocycles. The number of aromatic nitrogens is 3. The van der Waals surface area contributed by atoms with Crippen molar-refractivity contribution in [1.29, 1.82) is 0 Å². The highest BCUT2D eigenvalue weighted by atomic mass is 16.3. The van der Waals surface area contributed by atoms with Crippen molar-refractivity contribution in [2.75, 3.05) is 6.54 Å². The SMILES string of the molecule is CC(C)CNCc1ncoc1-c1cnn2ccccc12. The Balaban J connectivity index is 1.89. The lowest BCUT2D eigenvalue weighted by Crippen LogP contribution is -2.19. The fraction of sp³-hybridized carbons (Fsp3) is 0.333. The molecule has 1 N–H and O–H groups in total. The molecule has 0 aliphatic carbocycles. The first-order chi connectivity index (χ1) is 9.75. The standard InChI is InChI=1S/C15H18N4O/c1-11(2)7-16-9-13-15(20-10-17-13)12-8-18-19-6-4-3-5-14(12)19/h3-6,8,10-11,16H,7,9H2,1-2H3. The van der Waals surface area contributed by atoms with E-state index in [1.807, 2.05) is 35.1 Å². The van der Waals surface area contributed by atoms with Gasteiger partial charge in [0.25, 0.3) is 0 Å². The lowest BCUT2D eigenvalue weighted by atomic mass is 10.1. The highest BCUT2D eigenvalue weighted by Gasteiger charge is 2.15. The summed E-state index contributed by atoms with van der Waals surface area (Å²) >= 11 is 0. The number of hydrogen-bond donors (Lipinski definition) is 1. The zero-order chi connectivity index (χ0) is 13.9. The molecule has 3 heterocycles. The third kappa shape index (κ3) is 2.44. The van der Waals surface area contributed by atoms with Crippen LogP contribution < -0.4 is 5.32 Å². The Bertz CT molecular complexity index is 699. The van der Waals surface area contributed by atoms with Gasteiger partial charge >= 0.3 is 0 Å². The number of nitrogens with one attached hydrogen (secondary N) is 1. The monoisotopic (exact) mass is 270 g/mol. The van der Waals surface area contributed by atoms with Crippen LogP contribution in [0.15, 0.2) is 41.4 Å². The maximum atomic E-state index is 5.57. The number of pyridine rings is 1. The molecule has 5 heteroatoms. The van der Waals surface area contributed by atoms with E-state index < -0.39 is 0 Å². The number of hydrogen-bond acceptors (Lipinski definition) is 4. The largest absolute Gasteiger partial charge is 0.443 e. The molecular formula is C15H18N4O. The number of fused-ring (bicyclic) bond motifs is 1. The van der Waals surface area contributed by atoms with Gasteiger partial charge in [-0.15, -0.1) is 0 Å². The quantitative estimate of drug-likeness (QED) is 0.774. The summed E-state index contributed by atoms with van der Waals surface area (Å²) in [6.07, 6.45) is 5.24. The summed E-state index contributed by atoms with van der Waals surface area (Å²) in [6.45, 7) is 6.03. The minimum Gasteiger partial charge on any atom is -0.443 e. The van der Waals surface area contributed by atoms with Crippen molar-refractivity contribution in [3.8, 4) is 11.3 Å². The van der Waals surface area contributed by atoms with Gasteiger partial charge in [-0.3, -0.25) is 0 Å². The molecule has 0 atom stereocenters. The van der Waals surface area contributed by atoms with Gasteiger partial charge < -0.3 is 9.73 Å². The predicted octanol–water partition coefficient (Wildman–Crippen LogP) is 2.73. The van der Waals surface area contributed by atoms with Gasteiger partial charge in [-0.2, -0.15) is 5.10 Å². The summed E-state index contributed by atoms with van der Waals surface area (Å²) in [5.74, 6) is 1.41. The zero-order valence-electron chi connectivity index (χ0n) is 11.7. The molecule has 0 unspecified atom stereocenters. The molecule has 0 spiro atoms. The van der Waals surface area contributed by atoms with Crippen LogP contribution in [0.3, 0.4) is 0 Å². The highest BCUT2D eigenvalue weighted by molar-refractivity contribution is 5.77. The summed E-state index contributed by atoms with van der Waals surface area (Å²) in [6, 6.07) is 5.97. The van der Waals surface area contributed by atoms with Crippen LogP contribution in [0.2, 0.25) is 0 Å². The van der Waals surface area contributed by atoms with Gasteiger partial charge in [-0.1, -0.05) is 19.9 Å². The van der Waals surface area contributed by atoms with Crippen LogP contribution in [0.4, 0.5) is 0 Å².